The van der Waals surface area contributed by atoms with Crippen LogP contribution in [-0.4, -0.2) is 31.7 Å². The lowest BCUT2D eigenvalue weighted by Gasteiger charge is -2.23. The van der Waals surface area contributed by atoms with E-state index in [-0.39, 0.29) is 18.0 Å². The quantitative estimate of drug-likeness (QED) is 0.756. The summed E-state index contributed by atoms with van der Waals surface area (Å²) in [7, 11) is 0. The van der Waals surface area contributed by atoms with Crippen LogP contribution in [0.3, 0.4) is 0 Å². The molecule has 0 amide bonds. The van der Waals surface area contributed by atoms with Crippen LogP contribution in [0.4, 0.5) is 0 Å². The molecule has 128 valence electrons. The summed E-state index contributed by atoms with van der Waals surface area (Å²) < 4.78 is 5.80. The molecule has 3 heteroatoms. The Hall–Kier alpha value is -2.13. The van der Waals surface area contributed by atoms with Crippen molar-refractivity contribution in [2.24, 2.45) is 0 Å². The van der Waals surface area contributed by atoms with Gasteiger partial charge in [-0.3, -0.25) is 4.79 Å². The highest BCUT2D eigenvalue weighted by Crippen LogP contribution is 2.26. The van der Waals surface area contributed by atoms with Crippen molar-refractivity contribution in [3.63, 3.8) is 0 Å². The van der Waals surface area contributed by atoms with Crippen LogP contribution in [0, 0.1) is 0 Å². The maximum Gasteiger partial charge on any atom is 0.318 e. The molecule has 2 aromatic carbocycles. The van der Waals surface area contributed by atoms with Crippen LogP contribution in [0.15, 0.2) is 60.7 Å². The maximum absolute atomic E-state index is 12.9. The van der Waals surface area contributed by atoms with Gasteiger partial charge in [0.1, 0.15) is 18.6 Å². The van der Waals surface area contributed by atoms with Crippen LogP contribution in [0.1, 0.15) is 37.8 Å². The molecule has 1 N–H and O–H groups in total. The van der Waals surface area contributed by atoms with Crippen LogP contribution in [0.25, 0.3) is 0 Å². The molecule has 0 aliphatic carbocycles. The first-order chi connectivity index (χ1) is 11.7. The lowest BCUT2D eigenvalue weighted by molar-refractivity contribution is -0.899. The topological polar surface area (TPSA) is 30.7 Å². The molecule has 0 aliphatic rings. The van der Waals surface area contributed by atoms with Crippen LogP contribution < -0.4 is 4.90 Å². The van der Waals surface area contributed by atoms with Gasteiger partial charge >= 0.3 is 5.97 Å². The monoisotopic (exact) mass is 326 g/mol. The SMILES string of the molecule is CC[NH+](CC)C[C@H](C)OC(=O)C(c1ccccc1)c1ccccc1. The number of rotatable bonds is 8. The first-order valence-electron chi connectivity index (χ1n) is 8.79. The Labute approximate surface area is 145 Å². The Kier molecular flexibility index (Phi) is 7.01. The van der Waals surface area contributed by atoms with E-state index in [1.807, 2.05) is 67.6 Å². The number of benzene rings is 2. The molecule has 0 heterocycles. The fraction of sp³-hybridized carbons (Fsp3) is 0.381. The number of esters is 1. The van der Waals surface area contributed by atoms with Crippen molar-refractivity contribution in [2.75, 3.05) is 19.6 Å². The number of carbonyl (C=O) groups is 1. The van der Waals surface area contributed by atoms with E-state index in [0.717, 1.165) is 30.8 Å². The molecule has 0 bridgehead atoms. The lowest BCUT2D eigenvalue weighted by Crippen LogP contribution is -3.12. The molecule has 0 aliphatic heterocycles. The van der Waals surface area contributed by atoms with Crippen LogP contribution >= 0.6 is 0 Å². The average molecular weight is 326 g/mol. The van der Waals surface area contributed by atoms with Gasteiger partial charge in [-0.2, -0.15) is 0 Å². The van der Waals surface area contributed by atoms with Gasteiger partial charge in [-0.05, 0) is 31.9 Å². The second-order valence-corrected chi connectivity index (χ2v) is 6.16. The van der Waals surface area contributed by atoms with Crippen LogP contribution in [-0.2, 0) is 9.53 Å². The number of hydrogen-bond donors (Lipinski definition) is 1. The van der Waals surface area contributed by atoms with Gasteiger partial charge in [-0.15, -0.1) is 0 Å². The molecule has 3 nitrogen and oxygen atoms in total. The van der Waals surface area contributed by atoms with Gasteiger partial charge in [-0.25, -0.2) is 0 Å². The molecule has 2 aromatic rings. The van der Waals surface area contributed by atoms with Gasteiger partial charge in [0, 0.05) is 0 Å². The normalized spacial score (nSPS) is 12.4. The Morgan fingerprint density at radius 3 is 1.79 bits per heavy atom. The molecule has 0 spiro atoms. The second-order valence-electron chi connectivity index (χ2n) is 6.16. The first-order valence-corrected chi connectivity index (χ1v) is 8.79. The minimum absolute atomic E-state index is 0.0951. The number of carbonyl (C=O) groups excluding carboxylic acids is 1. The minimum atomic E-state index is -0.374. The summed E-state index contributed by atoms with van der Waals surface area (Å²) in [4.78, 5) is 14.3. The summed E-state index contributed by atoms with van der Waals surface area (Å²) in [5.74, 6) is -0.548. The van der Waals surface area contributed by atoms with Gasteiger partial charge in [0.05, 0.1) is 13.1 Å². The van der Waals surface area contributed by atoms with E-state index in [2.05, 4.69) is 13.8 Å². The number of likely N-dealkylation sites (N-methyl/N-ethyl adjacent to an activating group) is 1. The molecular weight excluding hydrogens is 298 g/mol. The van der Waals surface area contributed by atoms with Crippen molar-refractivity contribution in [1.29, 1.82) is 0 Å². The molecule has 0 radical (unpaired) electrons. The van der Waals surface area contributed by atoms with Crippen molar-refractivity contribution < 1.29 is 14.4 Å². The fourth-order valence-electron chi connectivity index (χ4n) is 3.01. The second kappa shape index (κ2) is 9.24. The molecular formula is C21H28NO2+. The third kappa shape index (κ3) is 4.93. The van der Waals surface area contributed by atoms with Gasteiger partial charge < -0.3 is 9.64 Å². The van der Waals surface area contributed by atoms with Gasteiger partial charge in [-0.1, -0.05) is 60.7 Å². The van der Waals surface area contributed by atoms with Crippen LogP contribution in [0.2, 0.25) is 0 Å². The third-order valence-corrected chi connectivity index (χ3v) is 4.39. The molecule has 0 unspecified atom stereocenters. The Morgan fingerprint density at radius 1 is 0.917 bits per heavy atom. The smallest absolute Gasteiger partial charge is 0.318 e. The van der Waals surface area contributed by atoms with E-state index in [1.165, 1.54) is 4.90 Å². The molecule has 0 saturated carbocycles. The van der Waals surface area contributed by atoms with Crippen molar-refractivity contribution in [2.45, 2.75) is 32.8 Å². The van der Waals surface area contributed by atoms with E-state index < -0.39 is 0 Å². The minimum Gasteiger partial charge on any atom is -0.456 e. The van der Waals surface area contributed by atoms with Crippen molar-refractivity contribution in [1.82, 2.24) is 0 Å². The molecule has 0 saturated heterocycles. The maximum atomic E-state index is 12.9. The zero-order valence-corrected chi connectivity index (χ0v) is 14.9. The van der Waals surface area contributed by atoms with Crippen molar-refractivity contribution in [3.8, 4) is 0 Å². The standard InChI is InChI=1S/C21H27NO2/c1-4-22(5-2)16-17(3)24-21(23)20(18-12-8-6-9-13-18)19-14-10-7-11-15-19/h6-15,17,20H,4-5,16H2,1-3H3/p+1/t17-/m0/s1. The predicted molar refractivity (Wildman–Crippen MR) is 97.2 cm³/mol. The molecule has 2 rings (SSSR count). The van der Waals surface area contributed by atoms with Crippen LogP contribution in [0.5, 0.6) is 0 Å². The summed E-state index contributed by atoms with van der Waals surface area (Å²) in [6.07, 6.45) is -0.0951. The number of nitrogens with one attached hydrogen (secondary N) is 1. The highest BCUT2D eigenvalue weighted by molar-refractivity contribution is 5.82. The Balaban J connectivity index is 2.17. The van der Waals surface area contributed by atoms with Crippen molar-refractivity contribution in [3.05, 3.63) is 71.8 Å². The fourth-order valence-corrected chi connectivity index (χ4v) is 3.01. The van der Waals surface area contributed by atoms with E-state index in [9.17, 15) is 4.79 Å². The summed E-state index contributed by atoms with van der Waals surface area (Å²) in [6, 6.07) is 19.7. The lowest BCUT2D eigenvalue weighted by atomic mass is 9.91. The van der Waals surface area contributed by atoms with E-state index >= 15 is 0 Å². The summed E-state index contributed by atoms with van der Waals surface area (Å²) in [5.41, 5.74) is 1.94. The average Bonchev–Trinajstić information content (AvgIpc) is 2.61. The number of ether oxygens (including phenoxy) is 1. The third-order valence-electron chi connectivity index (χ3n) is 4.39. The van der Waals surface area contributed by atoms with Crippen molar-refractivity contribution >= 4 is 5.97 Å². The number of hydrogen-bond acceptors (Lipinski definition) is 2. The highest BCUT2D eigenvalue weighted by Gasteiger charge is 2.26. The zero-order chi connectivity index (χ0) is 17.4. The molecule has 0 fully saturated rings. The molecule has 24 heavy (non-hydrogen) atoms. The number of quaternary nitrogens is 1. The first kappa shape index (κ1) is 18.2. The van der Waals surface area contributed by atoms with Gasteiger partial charge in [0.2, 0.25) is 0 Å². The molecule has 0 aromatic heterocycles. The Morgan fingerprint density at radius 2 is 1.38 bits per heavy atom. The van der Waals surface area contributed by atoms with Gasteiger partial charge in [0.15, 0.2) is 0 Å². The Bertz CT molecular complexity index is 569. The summed E-state index contributed by atoms with van der Waals surface area (Å²) in [6.45, 7) is 9.22. The highest BCUT2D eigenvalue weighted by atomic mass is 16.5. The zero-order valence-electron chi connectivity index (χ0n) is 14.9. The largest absolute Gasteiger partial charge is 0.456 e. The van der Waals surface area contributed by atoms with Gasteiger partial charge in [0.25, 0.3) is 0 Å². The summed E-state index contributed by atoms with van der Waals surface area (Å²) in [5, 5.41) is 0. The van der Waals surface area contributed by atoms with E-state index in [4.69, 9.17) is 4.74 Å². The van der Waals surface area contributed by atoms with E-state index in [1.54, 1.807) is 0 Å². The molecule has 1 atom stereocenters. The predicted octanol–water partition coefficient (Wildman–Crippen LogP) is 2.67. The van der Waals surface area contributed by atoms with E-state index in [0.29, 0.717) is 0 Å². The summed E-state index contributed by atoms with van der Waals surface area (Å²) >= 11 is 0.